The fourth-order valence-corrected chi connectivity index (χ4v) is 4.66. The Morgan fingerprint density at radius 3 is 2.38 bits per heavy atom. The van der Waals surface area contributed by atoms with Gasteiger partial charge in [-0.05, 0) is 59.4 Å². The molecule has 5 rings (SSSR count). The zero-order chi connectivity index (χ0) is 28.1. The van der Waals surface area contributed by atoms with Crippen molar-refractivity contribution in [2.24, 2.45) is 0 Å². The molecule has 1 saturated heterocycles. The van der Waals surface area contributed by atoms with E-state index in [9.17, 15) is 4.79 Å². The van der Waals surface area contributed by atoms with E-state index in [1.165, 1.54) is 17.5 Å². The van der Waals surface area contributed by atoms with E-state index >= 15 is 0 Å². The van der Waals surface area contributed by atoms with Crippen LogP contribution in [0.25, 0.3) is 11.4 Å². The Morgan fingerprint density at radius 1 is 0.950 bits per heavy atom. The average Bonchev–Trinajstić information content (AvgIpc) is 2.95. The number of carbonyl (C=O) groups is 1. The van der Waals surface area contributed by atoms with Crippen molar-refractivity contribution in [3.8, 4) is 11.4 Å². The van der Waals surface area contributed by atoms with Gasteiger partial charge in [-0.15, -0.1) is 0 Å². The van der Waals surface area contributed by atoms with Gasteiger partial charge in [-0.25, -0.2) is 9.97 Å². The van der Waals surface area contributed by atoms with Gasteiger partial charge in [0.15, 0.2) is 5.82 Å². The first kappa shape index (κ1) is 27.4. The molecule has 2 heterocycles. The predicted molar refractivity (Wildman–Crippen MR) is 159 cm³/mol. The minimum atomic E-state index is -0.157. The van der Waals surface area contributed by atoms with Crippen molar-refractivity contribution in [2.45, 2.75) is 39.7 Å². The van der Waals surface area contributed by atoms with Crippen LogP contribution in [0, 0.1) is 6.92 Å². The second kappa shape index (κ2) is 11.9. The summed E-state index contributed by atoms with van der Waals surface area (Å²) >= 11 is 0. The molecule has 206 valence electrons. The number of benzene rings is 3. The van der Waals surface area contributed by atoms with E-state index in [1.54, 1.807) is 0 Å². The molecule has 8 nitrogen and oxygen atoms in total. The summed E-state index contributed by atoms with van der Waals surface area (Å²) in [5.41, 5.74) is 6.41. The van der Waals surface area contributed by atoms with Crippen molar-refractivity contribution in [3.05, 3.63) is 95.3 Å². The Morgan fingerprint density at radius 2 is 1.68 bits per heavy atom. The largest absolute Gasteiger partial charge is 0.379 e. The van der Waals surface area contributed by atoms with Crippen molar-refractivity contribution in [1.29, 1.82) is 0 Å². The number of anilines is 3. The molecule has 0 spiro atoms. The van der Waals surface area contributed by atoms with Gasteiger partial charge in [0.2, 0.25) is 5.95 Å². The lowest BCUT2D eigenvalue weighted by molar-refractivity contribution is 0.0342. The van der Waals surface area contributed by atoms with Crippen LogP contribution in [0.15, 0.2) is 73.1 Å². The van der Waals surface area contributed by atoms with Gasteiger partial charge in [-0.3, -0.25) is 9.69 Å². The van der Waals surface area contributed by atoms with E-state index < -0.39 is 0 Å². The quantitative estimate of drug-likeness (QED) is 0.300. The van der Waals surface area contributed by atoms with Gasteiger partial charge >= 0.3 is 0 Å². The maximum atomic E-state index is 13.0. The van der Waals surface area contributed by atoms with Crippen LogP contribution in [-0.2, 0) is 16.7 Å². The Kier molecular flexibility index (Phi) is 8.19. The number of carbonyl (C=O) groups excluding carboxylic acids is 1. The molecule has 8 heteroatoms. The minimum Gasteiger partial charge on any atom is -0.379 e. The molecular weight excluding hydrogens is 500 g/mol. The van der Waals surface area contributed by atoms with Gasteiger partial charge in [0.1, 0.15) is 6.33 Å². The lowest BCUT2D eigenvalue weighted by atomic mass is 9.86. The Hall–Kier alpha value is -4.14. The van der Waals surface area contributed by atoms with Gasteiger partial charge in [0.05, 0.1) is 13.2 Å². The van der Waals surface area contributed by atoms with Crippen LogP contribution < -0.4 is 10.6 Å². The van der Waals surface area contributed by atoms with E-state index in [-0.39, 0.29) is 11.3 Å². The Balaban J connectivity index is 1.27. The number of ether oxygens (including phenoxy) is 1. The lowest BCUT2D eigenvalue weighted by Crippen LogP contribution is -2.35. The highest BCUT2D eigenvalue weighted by atomic mass is 16.5. The molecule has 0 bridgehead atoms. The smallest absolute Gasteiger partial charge is 0.255 e. The number of amides is 1. The summed E-state index contributed by atoms with van der Waals surface area (Å²) in [6.45, 7) is 12.8. The van der Waals surface area contributed by atoms with Crippen molar-refractivity contribution in [1.82, 2.24) is 19.9 Å². The molecule has 1 aliphatic rings. The molecule has 0 radical (unpaired) electrons. The third-order valence-corrected chi connectivity index (χ3v) is 7.13. The van der Waals surface area contributed by atoms with Gasteiger partial charge in [-0.1, -0.05) is 57.2 Å². The third-order valence-electron chi connectivity index (χ3n) is 7.13. The topological polar surface area (TPSA) is 92.3 Å². The lowest BCUT2D eigenvalue weighted by Gasteiger charge is -2.26. The molecule has 0 unspecified atom stereocenters. The maximum absolute atomic E-state index is 13.0. The molecule has 1 aliphatic heterocycles. The number of morpholine rings is 1. The SMILES string of the molecule is Cc1c(NC(=O)c2ccc(C(C)(C)C)cc2)cccc1-c1ncnc(Nc2ccc(CN3CCOCC3)cc2)n1. The molecule has 1 aromatic heterocycles. The van der Waals surface area contributed by atoms with E-state index in [0.717, 1.165) is 49.7 Å². The number of rotatable bonds is 7. The molecular formula is C32H36N6O2. The standard InChI is InChI=1S/C32H36N6O2/c1-22-27(6-5-7-28(22)36-30(39)24-10-12-25(13-11-24)32(2,3)4)29-33-21-34-31(37-29)35-26-14-8-23(9-15-26)20-38-16-18-40-19-17-38/h5-15,21H,16-20H2,1-4H3,(H,36,39)(H,33,34,35,37). The molecule has 0 aliphatic carbocycles. The summed E-state index contributed by atoms with van der Waals surface area (Å²) in [4.78, 5) is 28.8. The number of nitrogens with zero attached hydrogens (tertiary/aromatic N) is 4. The molecule has 3 aromatic carbocycles. The molecule has 1 fully saturated rings. The highest BCUT2D eigenvalue weighted by Crippen LogP contribution is 2.28. The molecule has 0 saturated carbocycles. The normalized spacial score (nSPS) is 14.1. The third kappa shape index (κ3) is 6.70. The van der Waals surface area contributed by atoms with Crippen LogP contribution in [0.2, 0.25) is 0 Å². The van der Waals surface area contributed by atoms with E-state index in [4.69, 9.17) is 4.74 Å². The number of hydrogen-bond donors (Lipinski definition) is 2. The van der Waals surface area contributed by atoms with Crippen LogP contribution in [-0.4, -0.2) is 52.1 Å². The molecule has 1 amide bonds. The number of hydrogen-bond acceptors (Lipinski definition) is 7. The van der Waals surface area contributed by atoms with Crippen LogP contribution >= 0.6 is 0 Å². The fourth-order valence-electron chi connectivity index (χ4n) is 4.66. The first-order valence-electron chi connectivity index (χ1n) is 13.6. The van der Waals surface area contributed by atoms with Crippen molar-refractivity contribution in [2.75, 3.05) is 36.9 Å². The van der Waals surface area contributed by atoms with Gasteiger partial charge < -0.3 is 15.4 Å². The van der Waals surface area contributed by atoms with Crippen LogP contribution in [0.3, 0.4) is 0 Å². The first-order valence-corrected chi connectivity index (χ1v) is 13.6. The molecule has 2 N–H and O–H groups in total. The number of nitrogens with one attached hydrogen (secondary N) is 2. The van der Waals surface area contributed by atoms with Crippen molar-refractivity contribution < 1.29 is 9.53 Å². The summed E-state index contributed by atoms with van der Waals surface area (Å²) in [5.74, 6) is 0.832. The van der Waals surface area contributed by atoms with Crippen molar-refractivity contribution in [3.63, 3.8) is 0 Å². The average molecular weight is 537 g/mol. The van der Waals surface area contributed by atoms with Gasteiger partial charge in [-0.2, -0.15) is 4.98 Å². The predicted octanol–water partition coefficient (Wildman–Crippen LogP) is 5.97. The molecule has 4 aromatic rings. The second-order valence-corrected chi connectivity index (χ2v) is 11.1. The van der Waals surface area contributed by atoms with E-state index in [1.807, 2.05) is 61.5 Å². The van der Waals surface area contributed by atoms with Gasteiger partial charge in [0.25, 0.3) is 5.91 Å². The zero-order valence-corrected chi connectivity index (χ0v) is 23.6. The first-order chi connectivity index (χ1) is 19.3. The highest BCUT2D eigenvalue weighted by Gasteiger charge is 2.16. The van der Waals surface area contributed by atoms with Crippen molar-refractivity contribution >= 4 is 23.2 Å². The summed E-state index contributed by atoms with van der Waals surface area (Å²) in [6, 6.07) is 21.8. The monoisotopic (exact) mass is 536 g/mol. The minimum absolute atomic E-state index is 0.0324. The fraction of sp³-hybridized carbons (Fsp3) is 0.312. The van der Waals surface area contributed by atoms with E-state index in [2.05, 4.69) is 63.4 Å². The molecule has 40 heavy (non-hydrogen) atoms. The molecule has 0 atom stereocenters. The summed E-state index contributed by atoms with van der Waals surface area (Å²) in [6.07, 6.45) is 1.50. The Labute approximate surface area is 235 Å². The summed E-state index contributed by atoms with van der Waals surface area (Å²) < 4.78 is 5.44. The second-order valence-electron chi connectivity index (χ2n) is 11.1. The van der Waals surface area contributed by atoms with Crippen LogP contribution in [0.1, 0.15) is 47.8 Å². The Bertz CT molecular complexity index is 1460. The zero-order valence-electron chi connectivity index (χ0n) is 23.6. The van der Waals surface area contributed by atoms with Crippen LogP contribution in [0.4, 0.5) is 17.3 Å². The maximum Gasteiger partial charge on any atom is 0.255 e. The number of aromatic nitrogens is 3. The highest BCUT2D eigenvalue weighted by molar-refractivity contribution is 6.05. The summed E-state index contributed by atoms with van der Waals surface area (Å²) in [7, 11) is 0. The summed E-state index contributed by atoms with van der Waals surface area (Å²) in [5, 5.41) is 6.33. The van der Waals surface area contributed by atoms with E-state index in [0.29, 0.717) is 23.0 Å². The van der Waals surface area contributed by atoms with Gasteiger partial charge in [0, 0.05) is 42.1 Å². The van der Waals surface area contributed by atoms with Crippen LogP contribution in [0.5, 0.6) is 0 Å².